The molecule has 0 aromatic heterocycles. The first-order chi connectivity index (χ1) is 6.77. The van der Waals surface area contributed by atoms with E-state index >= 15 is 0 Å². The molecular formula is C12H26N2. The van der Waals surface area contributed by atoms with Gasteiger partial charge >= 0.3 is 0 Å². The van der Waals surface area contributed by atoms with Gasteiger partial charge in [-0.05, 0) is 51.2 Å². The first kappa shape index (κ1) is 12.0. The second-order valence-corrected chi connectivity index (χ2v) is 4.63. The molecule has 0 aromatic rings. The summed E-state index contributed by atoms with van der Waals surface area (Å²) in [4.78, 5) is 2.58. The molecule has 1 rings (SSSR count). The number of hydrogen-bond donors (Lipinski definition) is 1. The quantitative estimate of drug-likeness (QED) is 0.734. The normalized spacial score (nSPS) is 22.5. The summed E-state index contributed by atoms with van der Waals surface area (Å²) in [5.74, 6) is 0.794. The Labute approximate surface area is 88.8 Å². The molecule has 1 unspecified atom stereocenters. The Hall–Kier alpha value is -0.0800. The van der Waals surface area contributed by atoms with Gasteiger partial charge in [-0.2, -0.15) is 0 Å². The molecule has 1 heterocycles. The van der Waals surface area contributed by atoms with Gasteiger partial charge in [-0.25, -0.2) is 0 Å². The number of piperidine rings is 1. The van der Waals surface area contributed by atoms with Gasteiger partial charge in [0.15, 0.2) is 0 Å². The van der Waals surface area contributed by atoms with Crippen molar-refractivity contribution in [1.29, 1.82) is 0 Å². The van der Waals surface area contributed by atoms with Crippen LogP contribution in [-0.4, -0.2) is 30.6 Å². The summed E-state index contributed by atoms with van der Waals surface area (Å²) < 4.78 is 0. The van der Waals surface area contributed by atoms with Crippen molar-refractivity contribution in [3.63, 3.8) is 0 Å². The summed E-state index contributed by atoms with van der Waals surface area (Å²) in [6.07, 6.45) is 6.36. The van der Waals surface area contributed by atoms with E-state index in [4.69, 9.17) is 5.73 Å². The van der Waals surface area contributed by atoms with Crippen LogP contribution in [0.3, 0.4) is 0 Å². The predicted molar refractivity (Wildman–Crippen MR) is 62.3 cm³/mol. The van der Waals surface area contributed by atoms with Crippen LogP contribution in [0.15, 0.2) is 0 Å². The van der Waals surface area contributed by atoms with Crippen LogP contribution in [-0.2, 0) is 0 Å². The number of likely N-dealkylation sites (tertiary alicyclic amines) is 1. The van der Waals surface area contributed by atoms with Gasteiger partial charge < -0.3 is 10.6 Å². The zero-order valence-corrected chi connectivity index (χ0v) is 9.84. The van der Waals surface area contributed by atoms with E-state index in [0.717, 1.165) is 5.92 Å². The molecule has 0 aromatic carbocycles. The van der Waals surface area contributed by atoms with Gasteiger partial charge in [0, 0.05) is 6.04 Å². The largest absolute Gasteiger partial charge is 0.327 e. The first-order valence-electron chi connectivity index (χ1n) is 6.25. The minimum absolute atomic E-state index is 0.462. The Morgan fingerprint density at radius 2 is 1.86 bits per heavy atom. The monoisotopic (exact) mass is 198 g/mol. The van der Waals surface area contributed by atoms with Crippen LogP contribution in [0.25, 0.3) is 0 Å². The molecule has 2 nitrogen and oxygen atoms in total. The fourth-order valence-electron chi connectivity index (χ4n) is 2.49. The number of nitrogens with zero attached hydrogens (tertiary/aromatic N) is 1. The molecule has 14 heavy (non-hydrogen) atoms. The lowest BCUT2D eigenvalue weighted by molar-refractivity contribution is 0.166. The third-order valence-corrected chi connectivity index (χ3v) is 3.40. The van der Waals surface area contributed by atoms with Crippen molar-refractivity contribution in [3.8, 4) is 0 Å². The Balaban J connectivity index is 2.21. The summed E-state index contributed by atoms with van der Waals surface area (Å²) in [6.45, 7) is 8.31. The van der Waals surface area contributed by atoms with Gasteiger partial charge in [-0.1, -0.05) is 20.3 Å². The van der Waals surface area contributed by atoms with Gasteiger partial charge in [0.1, 0.15) is 0 Å². The highest BCUT2D eigenvalue weighted by molar-refractivity contribution is 4.79. The highest BCUT2D eigenvalue weighted by Crippen LogP contribution is 2.21. The third kappa shape index (κ3) is 3.58. The SMILES string of the molecule is CCCC(N)C1CCN(CCC)CC1. The van der Waals surface area contributed by atoms with Crippen LogP contribution in [0.2, 0.25) is 0 Å². The smallest absolute Gasteiger partial charge is 0.00680 e. The Morgan fingerprint density at radius 1 is 1.21 bits per heavy atom. The minimum Gasteiger partial charge on any atom is -0.327 e. The fourth-order valence-corrected chi connectivity index (χ4v) is 2.49. The summed E-state index contributed by atoms with van der Waals surface area (Å²) in [6, 6.07) is 0.462. The molecular weight excluding hydrogens is 172 g/mol. The van der Waals surface area contributed by atoms with Gasteiger partial charge in [-0.3, -0.25) is 0 Å². The molecule has 84 valence electrons. The molecule has 2 N–H and O–H groups in total. The first-order valence-corrected chi connectivity index (χ1v) is 6.25. The summed E-state index contributed by atoms with van der Waals surface area (Å²) in [5.41, 5.74) is 6.16. The molecule has 0 saturated carbocycles. The molecule has 0 radical (unpaired) electrons. The van der Waals surface area contributed by atoms with Gasteiger partial charge in [0.05, 0.1) is 0 Å². The van der Waals surface area contributed by atoms with Crippen LogP contribution >= 0.6 is 0 Å². The number of rotatable bonds is 5. The van der Waals surface area contributed by atoms with E-state index in [2.05, 4.69) is 18.7 Å². The zero-order valence-electron chi connectivity index (χ0n) is 9.84. The van der Waals surface area contributed by atoms with E-state index in [0.29, 0.717) is 6.04 Å². The van der Waals surface area contributed by atoms with E-state index in [1.807, 2.05) is 0 Å². The lowest BCUT2D eigenvalue weighted by Crippen LogP contribution is -2.41. The maximum atomic E-state index is 6.16. The van der Waals surface area contributed by atoms with Crippen molar-refractivity contribution < 1.29 is 0 Å². The summed E-state index contributed by atoms with van der Waals surface area (Å²) in [7, 11) is 0. The van der Waals surface area contributed by atoms with Crippen molar-refractivity contribution in [2.75, 3.05) is 19.6 Å². The van der Waals surface area contributed by atoms with Gasteiger partial charge in [0.2, 0.25) is 0 Å². The number of nitrogens with two attached hydrogens (primary N) is 1. The second-order valence-electron chi connectivity index (χ2n) is 4.63. The summed E-state index contributed by atoms with van der Waals surface area (Å²) in [5, 5.41) is 0. The fraction of sp³-hybridized carbons (Fsp3) is 1.00. The maximum absolute atomic E-state index is 6.16. The van der Waals surface area contributed by atoms with Crippen molar-refractivity contribution >= 4 is 0 Å². The van der Waals surface area contributed by atoms with Crippen LogP contribution in [0.4, 0.5) is 0 Å². The second kappa shape index (κ2) is 6.41. The lowest BCUT2D eigenvalue weighted by atomic mass is 9.87. The number of hydrogen-bond acceptors (Lipinski definition) is 2. The van der Waals surface area contributed by atoms with E-state index in [1.54, 1.807) is 0 Å². The van der Waals surface area contributed by atoms with Crippen LogP contribution in [0, 0.1) is 5.92 Å². The third-order valence-electron chi connectivity index (χ3n) is 3.40. The van der Waals surface area contributed by atoms with Crippen LogP contribution < -0.4 is 5.73 Å². The van der Waals surface area contributed by atoms with E-state index in [1.165, 1.54) is 51.7 Å². The average Bonchev–Trinajstić information content (AvgIpc) is 2.20. The molecule has 1 aliphatic rings. The van der Waals surface area contributed by atoms with Crippen molar-refractivity contribution in [3.05, 3.63) is 0 Å². The molecule has 1 aliphatic heterocycles. The van der Waals surface area contributed by atoms with Gasteiger partial charge in [-0.15, -0.1) is 0 Å². The molecule has 1 saturated heterocycles. The van der Waals surface area contributed by atoms with E-state index in [9.17, 15) is 0 Å². The van der Waals surface area contributed by atoms with Crippen molar-refractivity contribution in [1.82, 2.24) is 4.90 Å². The maximum Gasteiger partial charge on any atom is 0.00680 e. The topological polar surface area (TPSA) is 29.3 Å². The van der Waals surface area contributed by atoms with Crippen LogP contribution in [0.1, 0.15) is 46.0 Å². The van der Waals surface area contributed by atoms with Gasteiger partial charge in [0.25, 0.3) is 0 Å². The standard InChI is InChI=1S/C12H26N2/c1-3-5-12(13)11-6-9-14(8-4-2)10-7-11/h11-12H,3-10,13H2,1-2H3. The molecule has 1 atom stereocenters. The Morgan fingerprint density at radius 3 is 2.36 bits per heavy atom. The van der Waals surface area contributed by atoms with Crippen molar-refractivity contribution in [2.45, 2.75) is 52.0 Å². The molecule has 0 spiro atoms. The molecule has 0 aliphatic carbocycles. The lowest BCUT2D eigenvalue weighted by Gasteiger charge is -2.34. The average molecular weight is 198 g/mol. The Kier molecular flexibility index (Phi) is 5.49. The highest BCUT2D eigenvalue weighted by Gasteiger charge is 2.22. The minimum atomic E-state index is 0.462. The molecule has 0 bridgehead atoms. The zero-order chi connectivity index (χ0) is 10.4. The Bertz CT molecular complexity index is 139. The predicted octanol–water partition coefficient (Wildman–Crippen LogP) is 2.24. The highest BCUT2D eigenvalue weighted by atomic mass is 15.1. The molecule has 2 heteroatoms. The van der Waals surface area contributed by atoms with E-state index < -0.39 is 0 Å². The van der Waals surface area contributed by atoms with E-state index in [-0.39, 0.29) is 0 Å². The summed E-state index contributed by atoms with van der Waals surface area (Å²) >= 11 is 0. The molecule has 1 fully saturated rings. The van der Waals surface area contributed by atoms with Crippen LogP contribution in [0.5, 0.6) is 0 Å². The van der Waals surface area contributed by atoms with Crippen molar-refractivity contribution in [2.24, 2.45) is 11.7 Å². The molecule has 0 amide bonds.